The van der Waals surface area contributed by atoms with Crippen LogP contribution in [0.15, 0.2) is 23.8 Å². The zero-order valence-electron chi connectivity index (χ0n) is 18.5. The summed E-state index contributed by atoms with van der Waals surface area (Å²) >= 11 is 0. The van der Waals surface area contributed by atoms with Gasteiger partial charge < -0.3 is 14.6 Å². The number of imide groups is 1. The summed E-state index contributed by atoms with van der Waals surface area (Å²) in [5.74, 6) is -0.922. The molecule has 0 aromatic heterocycles. The van der Waals surface area contributed by atoms with Gasteiger partial charge in [-0.25, -0.2) is 0 Å². The molecule has 1 N–H and O–H groups in total. The van der Waals surface area contributed by atoms with Gasteiger partial charge in [0.15, 0.2) is 0 Å². The Balaban J connectivity index is 1.56. The average Bonchev–Trinajstić information content (AvgIpc) is 2.76. The summed E-state index contributed by atoms with van der Waals surface area (Å²) in [7, 11) is 1.63. The molecule has 8 nitrogen and oxygen atoms in total. The van der Waals surface area contributed by atoms with Gasteiger partial charge in [0.05, 0.1) is 6.54 Å². The van der Waals surface area contributed by atoms with Crippen molar-refractivity contribution in [2.24, 2.45) is 0 Å². The van der Waals surface area contributed by atoms with E-state index in [0.717, 1.165) is 56.6 Å². The Hall–Kier alpha value is -3.00. The van der Waals surface area contributed by atoms with E-state index in [1.807, 2.05) is 12.1 Å². The first-order valence-corrected chi connectivity index (χ1v) is 11.3. The number of anilines is 1. The van der Waals surface area contributed by atoms with Crippen LogP contribution in [0.25, 0.3) is 6.08 Å². The van der Waals surface area contributed by atoms with Crippen molar-refractivity contribution in [1.82, 2.24) is 15.1 Å². The van der Waals surface area contributed by atoms with Gasteiger partial charge in [0, 0.05) is 50.9 Å². The fourth-order valence-electron chi connectivity index (χ4n) is 4.48. The summed E-state index contributed by atoms with van der Waals surface area (Å²) in [4.78, 5) is 53.7. The van der Waals surface area contributed by atoms with Crippen molar-refractivity contribution in [2.75, 3.05) is 44.7 Å². The molecule has 2 aliphatic heterocycles. The molecule has 3 amide bonds. The Morgan fingerprint density at radius 1 is 1.16 bits per heavy atom. The number of benzene rings is 1. The number of likely N-dealkylation sites (N-methyl/N-ethyl adjacent to an activating group) is 1. The number of hydrogen-bond acceptors (Lipinski definition) is 6. The number of piperidine rings is 1. The fourth-order valence-corrected chi connectivity index (χ4v) is 4.48. The number of amides is 3. The minimum Gasteiger partial charge on any atom is -0.369 e. The molecule has 2 saturated heterocycles. The maximum atomic E-state index is 13.4. The van der Waals surface area contributed by atoms with Crippen LogP contribution in [0.1, 0.15) is 48.0 Å². The fraction of sp³-hybridized carbons (Fsp3) is 0.500. The summed E-state index contributed by atoms with van der Waals surface area (Å²) in [5, 5.41) is 2.33. The van der Waals surface area contributed by atoms with Crippen LogP contribution < -0.4 is 10.2 Å². The zero-order valence-corrected chi connectivity index (χ0v) is 18.5. The van der Waals surface area contributed by atoms with E-state index in [2.05, 4.69) is 27.3 Å². The Kier molecular flexibility index (Phi) is 6.69. The molecule has 8 heteroatoms. The molecule has 3 fully saturated rings. The monoisotopic (exact) mass is 438 g/mol. The molecule has 1 atom stereocenters. The van der Waals surface area contributed by atoms with Crippen LogP contribution in [0.3, 0.4) is 0 Å². The highest BCUT2D eigenvalue weighted by molar-refractivity contribution is 6.05. The smallest absolute Gasteiger partial charge is 0.254 e. The highest BCUT2D eigenvalue weighted by atomic mass is 16.2. The van der Waals surface area contributed by atoms with Crippen LogP contribution in [-0.4, -0.2) is 79.6 Å². The Morgan fingerprint density at radius 2 is 1.91 bits per heavy atom. The van der Waals surface area contributed by atoms with E-state index < -0.39 is 11.9 Å². The van der Waals surface area contributed by atoms with Gasteiger partial charge in [-0.2, -0.15) is 0 Å². The molecule has 3 aliphatic rings. The molecule has 32 heavy (non-hydrogen) atoms. The third-order valence-corrected chi connectivity index (χ3v) is 6.69. The SMILES string of the molecule is CN(C(=O)c1ccc(N2CCN(CC=O)CC2)cc1C=C1CCC1)C1CCC(=O)NC1=O. The number of rotatable bonds is 6. The molecule has 1 aromatic carbocycles. The molecule has 4 rings (SSSR count). The largest absolute Gasteiger partial charge is 0.369 e. The molecule has 2 heterocycles. The summed E-state index contributed by atoms with van der Waals surface area (Å²) < 4.78 is 0. The van der Waals surface area contributed by atoms with Gasteiger partial charge in [0.2, 0.25) is 11.8 Å². The van der Waals surface area contributed by atoms with Crippen molar-refractivity contribution in [2.45, 2.75) is 38.1 Å². The highest BCUT2D eigenvalue weighted by Gasteiger charge is 2.33. The minimum atomic E-state index is -0.644. The van der Waals surface area contributed by atoms with Crippen LogP contribution in [-0.2, 0) is 14.4 Å². The Bertz CT molecular complexity index is 943. The Morgan fingerprint density at radius 3 is 2.53 bits per heavy atom. The summed E-state index contributed by atoms with van der Waals surface area (Å²) in [5.41, 5.74) is 3.83. The maximum absolute atomic E-state index is 13.4. The van der Waals surface area contributed by atoms with Crippen molar-refractivity contribution < 1.29 is 19.2 Å². The van der Waals surface area contributed by atoms with E-state index in [9.17, 15) is 19.2 Å². The number of aldehydes is 1. The molecule has 170 valence electrons. The number of allylic oxidation sites excluding steroid dienone is 1. The van der Waals surface area contributed by atoms with E-state index in [-0.39, 0.29) is 18.2 Å². The van der Waals surface area contributed by atoms with E-state index in [4.69, 9.17) is 0 Å². The van der Waals surface area contributed by atoms with E-state index in [1.165, 1.54) is 16.9 Å². The number of hydrogen-bond donors (Lipinski definition) is 1. The number of carbonyl (C=O) groups is 4. The van der Waals surface area contributed by atoms with Gasteiger partial charge >= 0.3 is 0 Å². The number of nitrogens with one attached hydrogen (secondary N) is 1. The van der Waals surface area contributed by atoms with Crippen molar-refractivity contribution in [3.8, 4) is 0 Å². The lowest BCUT2D eigenvalue weighted by molar-refractivity contribution is -0.136. The second kappa shape index (κ2) is 9.65. The van der Waals surface area contributed by atoms with Gasteiger partial charge in [-0.05, 0) is 49.4 Å². The molecule has 1 saturated carbocycles. The molecule has 1 aromatic rings. The zero-order chi connectivity index (χ0) is 22.7. The first-order chi connectivity index (χ1) is 15.5. The first-order valence-electron chi connectivity index (χ1n) is 11.3. The highest BCUT2D eigenvalue weighted by Crippen LogP contribution is 2.31. The molecule has 0 bridgehead atoms. The minimum absolute atomic E-state index is 0.215. The topological polar surface area (TPSA) is 90.0 Å². The third kappa shape index (κ3) is 4.75. The van der Waals surface area contributed by atoms with Crippen LogP contribution in [0.5, 0.6) is 0 Å². The van der Waals surface area contributed by atoms with Gasteiger partial charge in [-0.3, -0.25) is 24.6 Å². The van der Waals surface area contributed by atoms with E-state index in [0.29, 0.717) is 18.5 Å². The molecule has 1 unspecified atom stereocenters. The number of nitrogens with zero attached hydrogens (tertiary/aromatic N) is 3. The van der Waals surface area contributed by atoms with Crippen molar-refractivity contribution in [1.29, 1.82) is 0 Å². The predicted molar refractivity (Wildman–Crippen MR) is 121 cm³/mol. The van der Waals surface area contributed by atoms with Gasteiger partial charge in [-0.15, -0.1) is 0 Å². The normalized spacial score (nSPS) is 21.6. The second-order valence-corrected chi connectivity index (χ2v) is 8.76. The lowest BCUT2D eigenvalue weighted by Crippen LogP contribution is -2.53. The van der Waals surface area contributed by atoms with Crippen LogP contribution in [0.2, 0.25) is 0 Å². The average molecular weight is 439 g/mol. The van der Waals surface area contributed by atoms with Crippen molar-refractivity contribution >= 4 is 35.8 Å². The van der Waals surface area contributed by atoms with Crippen molar-refractivity contribution in [3.63, 3.8) is 0 Å². The lowest BCUT2D eigenvalue weighted by Gasteiger charge is -2.35. The molecule has 1 aliphatic carbocycles. The second-order valence-electron chi connectivity index (χ2n) is 8.76. The number of carbonyl (C=O) groups excluding carboxylic acids is 4. The summed E-state index contributed by atoms with van der Waals surface area (Å²) in [6, 6.07) is 5.23. The van der Waals surface area contributed by atoms with Crippen LogP contribution >= 0.6 is 0 Å². The van der Waals surface area contributed by atoms with Gasteiger partial charge in [0.25, 0.3) is 5.91 Å². The molecular weight excluding hydrogens is 408 g/mol. The van der Waals surface area contributed by atoms with Gasteiger partial charge in [-0.1, -0.05) is 11.6 Å². The molecular formula is C24H30N4O4. The predicted octanol–water partition coefficient (Wildman–Crippen LogP) is 1.45. The summed E-state index contributed by atoms with van der Waals surface area (Å²) in [6.45, 7) is 3.77. The van der Waals surface area contributed by atoms with Gasteiger partial charge in [0.1, 0.15) is 12.3 Å². The quantitative estimate of drug-likeness (QED) is 0.534. The lowest BCUT2D eigenvalue weighted by atomic mass is 9.89. The third-order valence-electron chi connectivity index (χ3n) is 6.69. The standard InChI is InChI=1S/C24H30N4O4/c1-26(21-7-8-22(30)25-23(21)31)24(32)20-6-5-19(16-18(20)15-17-3-2-4-17)28-11-9-27(10-12-28)13-14-29/h5-6,14-16,21H,2-4,7-13H2,1H3,(H,25,30,31). The van der Waals surface area contributed by atoms with Crippen LogP contribution in [0, 0.1) is 0 Å². The maximum Gasteiger partial charge on any atom is 0.254 e. The van der Waals surface area contributed by atoms with E-state index in [1.54, 1.807) is 7.05 Å². The van der Waals surface area contributed by atoms with E-state index >= 15 is 0 Å². The summed E-state index contributed by atoms with van der Waals surface area (Å²) in [6.07, 6.45) is 6.89. The molecule has 0 radical (unpaired) electrons. The Labute approximate surface area is 188 Å². The van der Waals surface area contributed by atoms with Crippen LogP contribution in [0.4, 0.5) is 5.69 Å². The number of piperazine rings is 1. The first kappa shape index (κ1) is 22.2. The van der Waals surface area contributed by atoms with Crippen molar-refractivity contribution in [3.05, 3.63) is 34.9 Å². The molecule has 0 spiro atoms.